The van der Waals surface area contributed by atoms with Crippen LogP contribution in [-0.2, 0) is 6.54 Å². The monoisotopic (exact) mass is 247 g/mol. The van der Waals surface area contributed by atoms with Crippen LogP contribution >= 0.6 is 0 Å². The van der Waals surface area contributed by atoms with Gasteiger partial charge in [0.1, 0.15) is 11.6 Å². The van der Waals surface area contributed by atoms with Crippen molar-refractivity contribution in [3.63, 3.8) is 0 Å². The number of benzene rings is 2. The van der Waals surface area contributed by atoms with Gasteiger partial charge in [0.25, 0.3) is 0 Å². The summed E-state index contributed by atoms with van der Waals surface area (Å²) in [4.78, 5) is 0. The van der Waals surface area contributed by atoms with Gasteiger partial charge in [0.15, 0.2) is 0 Å². The molecule has 2 rings (SSSR count). The molecule has 18 heavy (non-hydrogen) atoms. The Morgan fingerprint density at radius 1 is 0.944 bits per heavy atom. The Morgan fingerprint density at radius 2 is 1.72 bits per heavy atom. The average molecular weight is 247 g/mol. The molecule has 0 atom stereocenters. The summed E-state index contributed by atoms with van der Waals surface area (Å²) in [5, 5.41) is 2.90. The quantitative estimate of drug-likeness (QED) is 0.857. The summed E-state index contributed by atoms with van der Waals surface area (Å²) >= 11 is 0. The van der Waals surface area contributed by atoms with Crippen LogP contribution in [0.3, 0.4) is 0 Å². The molecular formula is C15H15F2N. The highest BCUT2D eigenvalue weighted by Crippen LogP contribution is 2.17. The Morgan fingerprint density at radius 3 is 2.44 bits per heavy atom. The van der Waals surface area contributed by atoms with Crippen LogP contribution in [-0.4, -0.2) is 0 Å². The Kier molecular flexibility index (Phi) is 3.60. The highest BCUT2D eigenvalue weighted by atomic mass is 19.1. The predicted octanol–water partition coefficient (Wildman–Crippen LogP) is 4.19. The molecule has 0 unspecified atom stereocenters. The standard InChI is InChI=1S/C15H15F2N/c1-10-3-4-12(7-11(10)2)9-18-15-8-13(16)5-6-14(15)17/h3-8,18H,9H2,1-2H3. The molecule has 0 saturated heterocycles. The number of halogens is 2. The molecule has 1 N–H and O–H groups in total. The molecule has 0 spiro atoms. The first-order chi connectivity index (χ1) is 8.56. The lowest BCUT2D eigenvalue weighted by Gasteiger charge is -2.09. The van der Waals surface area contributed by atoms with Crippen LogP contribution in [0.5, 0.6) is 0 Å². The highest BCUT2D eigenvalue weighted by molar-refractivity contribution is 5.45. The summed E-state index contributed by atoms with van der Waals surface area (Å²) in [6.07, 6.45) is 0. The van der Waals surface area contributed by atoms with E-state index in [9.17, 15) is 8.78 Å². The first-order valence-electron chi connectivity index (χ1n) is 5.81. The van der Waals surface area contributed by atoms with Gasteiger partial charge in [-0.15, -0.1) is 0 Å². The van der Waals surface area contributed by atoms with E-state index >= 15 is 0 Å². The minimum Gasteiger partial charge on any atom is -0.379 e. The highest BCUT2D eigenvalue weighted by Gasteiger charge is 2.03. The third-order valence-electron chi connectivity index (χ3n) is 2.98. The molecule has 0 aliphatic heterocycles. The van der Waals surface area contributed by atoms with Gasteiger partial charge in [0.05, 0.1) is 5.69 Å². The smallest absolute Gasteiger partial charge is 0.146 e. The van der Waals surface area contributed by atoms with Crippen LogP contribution in [0.4, 0.5) is 14.5 Å². The molecule has 1 nitrogen and oxygen atoms in total. The van der Waals surface area contributed by atoms with Gasteiger partial charge >= 0.3 is 0 Å². The minimum atomic E-state index is -0.445. The topological polar surface area (TPSA) is 12.0 Å². The average Bonchev–Trinajstić information content (AvgIpc) is 2.34. The second-order valence-electron chi connectivity index (χ2n) is 4.40. The largest absolute Gasteiger partial charge is 0.379 e. The van der Waals surface area contributed by atoms with Crippen molar-refractivity contribution in [2.24, 2.45) is 0 Å². The lowest BCUT2D eigenvalue weighted by molar-refractivity contribution is 0.602. The van der Waals surface area contributed by atoms with Crippen molar-refractivity contribution in [2.45, 2.75) is 20.4 Å². The first kappa shape index (κ1) is 12.6. The van der Waals surface area contributed by atoms with Gasteiger partial charge < -0.3 is 5.32 Å². The summed E-state index contributed by atoms with van der Waals surface area (Å²) in [5.41, 5.74) is 3.64. The van der Waals surface area contributed by atoms with Crippen molar-refractivity contribution in [3.8, 4) is 0 Å². The maximum Gasteiger partial charge on any atom is 0.146 e. The van der Waals surface area contributed by atoms with Gasteiger partial charge in [-0.1, -0.05) is 18.2 Å². The maximum atomic E-state index is 13.4. The van der Waals surface area contributed by atoms with E-state index in [-0.39, 0.29) is 5.69 Å². The van der Waals surface area contributed by atoms with Crippen LogP contribution in [0.2, 0.25) is 0 Å². The van der Waals surface area contributed by atoms with Crippen LogP contribution < -0.4 is 5.32 Å². The summed E-state index contributed by atoms with van der Waals surface area (Å²) in [5.74, 6) is -0.890. The molecular weight excluding hydrogens is 232 g/mol. The maximum absolute atomic E-state index is 13.4. The van der Waals surface area contributed by atoms with E-state index < -0.39 is 11.6 Å². The Balaban J connectivity index is 2.11. The van der Waals surface area contributed by atoms with Crippen LogP contribution in [0, 0.1) is 25.5 Å². The Bertz CT molecular complexity index is 564. The molecule has 94 valence electrons. The third kappa shape index (κ3) is 2.86. The van der Waals surface area contributed by atoms with Gasteiger partial charge in [0, 0.05) is 6.54 Å². The molecule has 0 saturated carbocycles. The van der Waals surface area contributed by atoms with E-state index in [0.29, 0.717) is 6.54 Å². The van der Waals surface area contributed by atoms with Gasteiger partial charge in [-0.2, -0.15) is 0 Å². The van der Waals surface area contributed by atoms with Crippen LogP contribution in [0.15, 0.2) is 36.4 Å². The van der Waals surface area contributed by atoms with E-state index in [1.165, 1.54) is 11.1 Å². The van der Waals surface area contributed by atoms with Gasteiger partial charge in [-0.3, -0.25) is 0 Å². The number of nitrogens with one attached hydrogen (secondary N) is 1. The van der Waals surface area contributed by atoms with E-state index in [1.807, 2.05) is 32.0 Å². The molecule has 3 heteroatoms. The van der Waals surface area contributed by atoms with Crippen molar-refractivity contribution in [1.82, 2.24) is 0 Å². The fourth-order valence-electron chi connectivity index (χ4n) is 1.74. The number of hydrogen-bond acceptors (Lipinski definition) is 1. The van der Waals surface area contributed by atoms with Gasteiger partial charge in [0.2, 0.25) is 0 Å². The second-order valence-corrected chi connectivity index (χ2v) is 4.40. The molecule has 0 aromatic heterocycles. The van der Waals surface area contributed by atoms with Crippen LogP contribution in [0.1, 0.15) is 16.7 Å². The molecule has 0 heterocycles. The molecule has 0 aliphatic rings. The van der Waals surface area contributed by atoms with E-state index in [2.05, 4.69) is 5.32 Å². The van der Waals surface area contributed by atoms with E-state index in [1.54, 1.807) is 0 Å². The zero-order valence-electron chi connectivity index (χ0n) is 10.4. The van der Waals surface area contributed by atoms with E-state index in [0.717, 1.165) is 23.8 Å². The Labute approximate surface area is 105 Å². The lowest BCUT2D eigenvalue weighted by Crippen LogP contribution is -2.02. The van der Waals surface area contributed by atoms with E-state index in [4.69, 9.17) is 0 Å². The third-order valence-corrected chi connectivity index (χ3v) is 2.98. The van der Waals surface area contributed by atoms with Crippen molar-refractivity contribution in [3.05, 3.63) is 64.7 Å². The molecule has 2 aromatic rings. The van der Waals surface area contributed by atoms with Crippen LogP contribution in [0.25, 0.3) is 0 Å². The van der Waals surface area contributed by atoms with Gasteiger partial charge in [-0.05, 0) is 48.7 Å². The van der Waals surface area contributed by atoms with Crippen molar-refractivity contribution < 1.29 is 8.78 Å². The predicted molar refractivity (Wildman–Crippen MR) is 69.6 cm³/mol. The zero-order chi connectivity index (χ0) is 13.1. The summed E-state index contributed by atoms with van der Waals surface area (Å²) in [6, 6.07) is 9.44. The summed E-state index contributed by atoms with van der Waals surface area (Å²) < 4.78 is 26.4. The van der Waals surface area contributed by atoms with Crippen molar-refractivity contribution in [2.75, 3.05) is 5.32 Å². The Hall–Kier alpha value is -1.90. The number of aryl methyl sites for hydroxylation is 2. The SMILES string of the molecule is Cc1ccc(CNc2cc(F)ccc2F)cc1C. The molecule has 0 amide bonds. The molecule has 0 aliphatic carbocycles. The lowest BCUT2D eigenvalue weighted by atomic mass is 10.1. The first-order valence-corrected chi connectivity index (χ1v) is 5.81. The van der Waals surface area contributed by atoms with Crippen molar-refractivity contribution >= 4 is 5.69 Å². The number of rotatable bonds is 3. The second kappa shape index (κ2) is 5.17. The number of anilines is 1. The molecule has 0 radical (unpaired) electrons. The zero-order valence-corrected chi connectivity index (χ0v) is 10.4. The molecule has 0 bridgehead atoms. The molecule has 0 fully saturated rings. The fourth-order valence-corrected chi connectivity index (χ4v) is 1.74. The fraction of sp³-hybridized carbons (Fsp3) is 0.200. The van der Waals surface area contributed by atoms with Crippen molar-refractivity contribution in [1.29, 1.82) is 0 Å². The summed E-state index contributed by atoms with van der Waals surface area (Å²) in [6.45, 7) is 4.54. The summed E-state index contributed by atoms with van der Waals surface area (Å²) in [7, 11) is 0. The van der Waals surface area contributed by atoms with Gasteiger partial charge in [-0.25, -0.2) is 8.78 Å². The minimum absolute atomic E-state index is 0.188. The normalized spacial score (nSPS) is 10.4. The number of hydrogen-bond donors (Lipinski definition) is 1. The molecule has 2 aromatic carbocycles.